The zero-order chi connectivity index (χ0) is 42.8. The highest BCUT2D eigenvalue weighted by Gasteiger charge is 2.37. The molecule has 1 aliphatic rings. The van der Waals surface area contributed by atoms with Gasteiger partial charge in [-0.3, -0.25) is 0 Å². The molecule has 0 radical (unpaired) electrons. The molecule has 9 aromatic carbocycles. The molecule has 12 rings (SSSR count). The highest BCUT2D eigenvalue weighted by Crippen LogP contribution is 2.52. The molecule has 2 heterocycles. The third-order valence-corrected chi connectivity index (χ3v) is 13.1. The fraction of sp³-hybridized carbons (Fsp3) is 0.0500. The third-order valence-electron chi connectivity index (χ3n) is 13.1. The second-order valence-corrected chi connectivity index (χ2v) is 17.2. The van der Waals surface area contributed by atoms with Crippen molar-refractivity contribution >= 4 is 21.8 Å². The first kappa shape index (κ1) is 37.5. The standard InChI is InChI=1S/C60H42N4/c1-60(2)53-27-13-12-22-48(53)49-24-14-23-47(55(49)60)45-36-37-54-52(38-45)50-25-15-26-51(56(50)64(54)46-20-10-5-11-21-46)59-62-57(43-32-28-41(29-33-43)39-16-6-3-7-17-39)61-58(63-59)44-34-30-42(31-35-44)40-18-8-4-9-19-40/h3-38H,1-2H3. The molecule has 0 saturated carbocycles. The molecule has 4 nitrogen and oxygen atoms in total. The Morgan fingerprint density at radius 2 is 0.812 bits per heavy atom. The molecule has 11 aromatic rings. The van der Waals surface area contributed by atoms with Crippen LogP contribution in [0.3, 0.4) is 0 Å². The van der Waals surface area contributed by atoms with Gasteiger partial charge in [-0.15, -0.1) is 0 Å². The van der Waals surface area contributed by atoms with E-state index < -0.39 is 0 Å². The van der Waals surface area contributed by atoms with E-state index in [9.17, 15) is 0 Å². The van der Waals surface area contributed by atoms with Gasteiger partial charge in [0.25, 0.3) is 0 Å². The molecule has 302 valence electrons. The molecular weight excluding hydrogens is 777 g/mol. The van der Waals surface area contributed by atoms with Crippen molar-refractivity contribution in [1.82, 2.24) is 19.5 Å². The molecule has 0 spiro atoms. The second kappa shape index (κ2) is 15.0. The number of para-hydroxylation sites is 2. The summed E-state index contributed by atoms with van der Waals surface area (Å²) < 4.78 is 2.38. The highest BCUT2D eigenvalue weighted by atomic mass is 15.0. The molecule has 0 bridgehead atoms. The van der Waals surface area contributed by atoms with E-state index >= 15 is 0 Å². The number of fused-ring (bicyclic) bond motifs is 6. The van der Waals surface area contributed by atoms with Crippen molar-refractivity contribution in [3.05, 3.63) is 230 Å². The van der Waals surface area contributed by atoms with Crippen LogP contribution in [0.15, 0.2) is 218 Å². The Balaban J connectivity index is 1.06. The van der Waals surface area contributed by atoms with E-state index in [1.54, 1.807) is 0 Å². The Bertz CT molecular complexity index is 3430. The Kier molecular flexibility index (Phi) is 8.80. The normalized spacial score (nSPS) is 12.7. The van der Waals surface area contributed by atoms with Crippen molar-refractivity contribution in [2.24, 2.45) is 0 Å². The lowest BCUT2D eigenvalue weighted by Crippen LogP contribution is -2.16. The fourth-order valence-corrected chi connectivity index (χ4v) is 9.99. The Labute approximate surface area is 372 Å². The summed E-state index contributed by atoms with van der Waals surface area (Å²) in [7, 11) is 0. The van der Waals surface area contributed by atoms with Crippen LogP contribution in [0.25, 0.3) is 106 Å². The van der Waals surface area contributed by atoms with E-state index in [2.05, 4.69) is 225 Å². The van der Waals surface area contributed by atoms with E-state index in [0.29, 0.717) is 17.5 Å². The van der Waals surface area contributed by atoms with Crippen LogP contribution >= 0.6 is 0 Å². The Morgan fingerprint density at radius 3 is 1.45 bits per heavy atom. The van der Waals surface area contributed by atoms with Gasteiger partial charge in [-0.1, -0.05) is 202 Å². The summed E-state index contributed by atoms with van der Waals surface area (Å²) in [5.74, 6) is 1.86. The molecule has 0 fully saturated rings. The molecule has 0 N–H and O–H groups in total. The molecule has 0 unspecified atom stereocenters. The van der Waals surface area contributed by atoms with E-state index in [1.807, 2.05) is 12.1 Å². The number of rotatable bonds is 7. The van der Waals surface area contributed by atoms with Crippen LogP contribution in [0, 0.1) is 0 Å². The van der Waals surface area contributed by atoms with Crippen molar-refractivity contribution in [1.29, 1.82) is 0 Å². The minimum Gasteiger partial charge on any atom is -0.308 e. The van der Waals surface area contributed by atoms with E-state index in [0.717, 1.165) is 49.9 Å². The minimum absolute atomic E-state index is 0.138. The van der Waals surface area contributed by atoms with Gasteiger partial charge < -0.3 is 4.57 Å². The minimum atomic E-state index is -0.138. The number of hydrogen-bond acceptors (Lipinski definition) is 3. The Morgan fingerprint density at radius 1 is 0.344 bits per heavy atom. The molecule has 1 aliphatic carbocycles. The van der Waals surface area contributed by atoms with Gasteiger partial charge in [-0.25, -0.2) is 15.0 Å². The van der Waals surface area contributed by atoms with Gasteiger partial charge in [0.1, 0.15) is 0 Å². The quantitative estimate of drug-likeness (QED) is 0.161. The highest BCUT2D eigenvalue weighted by molar-refractivity contribution is 6.14. The number of benzene rings is 9. The summed E-state index contributed by atoms with van der Waals surface area (Å²) in [6.45, 7) is 4.72. The summed E-state index contributed by atoms with van der Waals surface area (Å²) in [4.78, 5) is 15.8. The molecule has 0 aliphatic heterocycles. The van der Waals surface area contributed by atoms with E-state index in [4.69, 9.17) is 15.0 Å². The predicted octanol–water partition coefficient (Wildman–Crippen LogP) is 15.3. The van der Waals surface area contributed by atoms with Gasteiger partial charge in [0, 0.05) is 38.6 Å². The van der Waals surface area contributed by atoms with Gasteiger partial charge in [0.15, 0.2) is 17.5 Å². The zero-order valence-corrected chi connectivity index (χ0v) is 35.6. The van der Waals surface area contributed by atoms with Crippen LogP contribution in [0.5, 0.6) is 0 Å². The summed E-state index contributed by atoms with van der Waals surface area (Å²) in [5.41, 5.74) is 18.3. The van der Waals surface area contributed by atoms with Gasteiger partial charge in [0.2, 0.25) is 0 Å². The van der Waals surface area contributed by atoms with Gasteiger partial charge in [-0.2, -0.15) is 0 Å². The van der Waals surface area contributed by atoms with Crippen LogP contribution in [-0.2, 0) is 5.41 Å². The van der Waals surface area contributed by atoms with Crippen LogP contribution in [0.1, 0.15) is 25.0 Å². The smallest absolute Gasteiger partial charge is 0.166 e. The molecule has 0 atom stereocenters. The molecule has 0 saturated heterocycles. The lowest BCUT2D eigenvalue weighted by Gasteiger charge is -2.24. The largest absolute Gasteiger partial charge is 0.308 e. The van der Waals surface area contributed by atoms with Crippen molar-refractivity contribution in [3.63, 3.8) is 0 Å². The fourth-order valence-electron chi connectivity index (χ4n) is 9.99. The van der Waals surface area contributed by atoms with Crippen LogP contribution in [-0.4, -0.2) is 19.5 Å². The van der Waals surface area contributed by atoms with E-state index in [1.165, 1.54) is 49.9 Å². The monoisotopic (exact) mass is 818 g/mol. The zero-order valence-electron chi connectivity index (χ0n) is 35.6. The van der Waals surface area contributed by atoms with Gasteiger partial charge in [0.05, 0.1) is 11.0 Å². The van der Waals surface area contributed by atoms with Crippen molar-refractivity contribution in [2.75, 3.05) is 0 Å². The second-order valence-electron chi connectivity index (χ2n) is 17.2. The summed E-state index contributed by atoms with van der Waals surface area (Å²) >= 11 is 0. The van der Waals surface area contributed by atoms with E-state index in [-0.39, 0.29) is 5.41 Å². The Hall–Kier alpha value is -8.21. The molecule has 0 amide bonds. The predicted molar refractivity (Wildman–Crippen MR) is 264 cm³/mol. The maximum absolute atomic E-state index is 5.33. The SMILES string of the molecule is CC1(C)c2ccccc2-c2cccc(-c3ccc4c(c3)c3cccc(-c5nc(-c6ccc(-c7ccccc7)cc6)nc(-c6ccc(-c7ccccc7)cc6)n5)c3n4-c3ccccc3)c21. The average molecular weight is 819 g/mol. The third kappa shape index (κ3) is 6.18. The molecule has 64 heavy (non-hydrogen) atoms. The number of aromatic nitrogens is 4. The van der Waals surface area contributed by atoms with Crippen molar-refractivity contribution in [3.8, 4) is 84.4 Å². The molecular formula is C60H42N4. The van der Waals surface area contributed by atoms with Crippen molar-refractivity contribution in [2.45, 2.75) is 19.3 Å². The summed E-state index contributed by atoms with van der Waals surface area (Å²) in [6.07, 6.45) is 0. The first-order chi connectivity index (χ1) is 31.5. The number of nitrogens with zero attached hydrogens (tertiary/aromatic N) is 4. The summed E-state index contributed by atoms with van der Waals surface area (Å²) in [5, 5.41) is 2.31. The van der Waals surface area contributed by atoms with Gasteiger partial charge in [-0.05, 0) is 86.0 Å². The molecule has 4 heteroatoms. The first-order valence-electron chi connectivity index (χ1n) is 21.9. The van der Waals surface area contributed by atoms with Crippen molar-refractivity contribution < 1.29 is 0 Å². The van der Waals surface area contributed by atoms with Crippen LogP contribution < -0.4 is 0 Å². The lowest BCUT2D eigenvalue weighted by molar-refractivity contribution is 0.662. The maximum Gasteiger partial charge on any atom is 0.166 e. The first-order valence-corrected chi connectivity index (χ1v) is 21.9. The van der Waals surface area contributed by atoms with Crippen LogP contribution in [0.2, 0.25) is 0 Å². The summed E-state index contributed by atoms with van der Waals surface area (Å²) in [6, 6.07) is 77.8. The number of hydrogen-bond donors (Lipinski definition) is 0. The lowest BCUT2D eigenvalue weighted by atomic mass is 9.79. The maximum atomic E-state index is 5.33. The average Bonchev–Trinajstić information content (AvgIpc) is 3.83. The molecule has 2 aromatic heterocycles. The topological polar surface area (TPSA) is 43.6 Å². The van der Waals surface area contributed by atoms with Gasteiger partial charge >= 0.3 is 0 Å². The van der Waals surface area contributed by atoms with Crippen LogP contribution in [0.4, 0.5) is 0 Å².